The Morgan fingerprint density at radius 3 is 2.31 bits per heavy atom. The quantitative estimate of drug-likeness (QED) is 0.331. The molecule has 0 radical (unpaired) electrons. The van der Waals surface area contributed by atoms with Crippen LogP contribution < -0.4 is 10.0 Å². The number of allylic oxidation sites excluding steroid dienone is 3. The van der Waals surface area contributed by atoms with Crippen LogP contribution >= 0.6 is 0 Å². The first-order valence-corrected chi connectivity index (χ1v) is 15.9. The molecule has 3 N–H and O–H groups in total. The lowest BCUT2D eigenvalue weighted by Gasteiger charge is -2.32. The molecule has 1 aromatic rings. The number of carboxylic acids is 1. The number of rotatable bonds is 9. The van der Waals surface area contributed by atoms with Crippen molar-refractivity contribution in [3.05, 3.63) is 39.8 Å². The summed E-state index contributed by atoms with van der Waals surface area (Å²) >= 11 is 0. The number of halogens is 3. The number of carbonyl (C=O) groups is 2. The highest BCUT2D eigenvalue weighted by molar-refractivity contribution is 7.93. The molecule has 1 heterocycles. The van der Waals surface area contributed by atoms with Crippen molar-refractivity contribution in [2.24, 2.45) is 11.8 Å². The fourth-order valence-electron chi connectivity index (χ4n) is 6.03. The Balaban J connectivity index is 1.73. The summed E-state index contributed by atoms with van der Waals surface area (Å²) in [5.41, 5.74) is 1.08. The van der Waals surface area contributed by atoms with Gasteiger partial charge in [-0.25, -0.2) is 13.1 Å². The van der Waals surface area contributed by atoms with Crippen LogP contribution in [0.3, 0.4) is 0 Å². The molecule has 42 heavy (non-hydrogen) atoms. The highest BCUT2D eigenvalue weighted by Crippen LogP contribution is 2.39. The first-order chi connectivity index (χ1) is 19.4. The van der Waals surface area contributed by atoms with E-state index in [0.717, 1.165) is 38.2 Å². The zero-order valence-electron chi connectivity index (χ0n) is 24.4. The van der Waals surface area contributed by atoms with Gasteiger partial charge in [-0.15, -0.1) is 13.2 Å². The largest absolute Gasteiger partial charge is 0.573 e. The van der Waals surface area contributed by atoms with E-state index >= 15 is 0 Å². The number of aliphatic carboxylic acids is 1. The average molecular weight is 616 g/mol. The monoisotopic (exact) mass is 615 g/mol. The Hall–Kier alpha value is -2.80. The molecule has 2 fully saturated rings. The van der Waals surface area contributed by atoms with E-state index in [1.165, 1.54) is 0 Å². The van der Waals surface area contributed by atoms with E-state index in [-0.39, 0.29) is 24.8 Å². The van der Waals surface area contributed by atoms with E-state index in [0.29, 0.717) is 47.8 Å². The van der Waals surface area contributed by atoms with Crippen molar-refractivity contribution in [3.63, 3.8) is 0 Å². The van der Waals surface area contributed by atoms with E-state index in [9.17, 15) is 31.2 Å². The first kappa shape index (κ1) is 32.1. The molecule has 1 amide bonds. The normalized spacial score (nSPS) is 22.4. The molecule has 0 spiro atoms. The number of carboxylic acid groups (broad SMARTS) is 1. The Labute approximate surface area is 244 Å². The van der Waals surface area contributed by atoms with Crippen molar-refractivity contribution in [3.8, 4) is 0 Å². The summed E-state index contributed by atoms with van der Waals surface area (Å²) in [5, 5.41) is 12.0. The summed E-state index contributed by atoms with van der Waals surface area (Å²) in [6.07, 6.45) is 1.92. The summed E-state index contributed by atoms with van der Waals surface area (Å²) in [6, 6.07) is 1.37. The van der Waals surface area contributed by atoms with Crippen molar-refractivity contribution < 1.29 is 41.0 Å². The van der Waals surface area contributed by atoms with Crippen LogP contribution in [0, 0.1) is 18.8 Å². The number of nitrogens with one attached hydrogen (secondary N) is 2. The topological polar surface area (TPSA) is 127 Å². The van der Waals surface area contributed by atoms with Gasteiger partial charge in [0, 0.05) is 29.5 Å². The molecule has 0 bridgehead atoms. The average Bonchev–Trinajstić information content (AvgIpc) is 3.14. The molecule has 0 atom stereocenters. The molecule has 3 aliphatic carbocycles. The number of aromatic nitrogens is 1. The zero-order chi connectivity index (χ0) is 31.0. The summed E-state index contributed by atoms with van der Waals surface area (Å²) < 4.78 is 75.2. The molecule has 13 heteroatoms. The van der Waals surface area contributed by atoms with E-state index < -0.39 is 44.5 Å². The van der Waals surface area contributed by atoms with Crippen LogP contribution in [0.2, 0.25) is 0 Å². The van der Waals surface area contributed by atoms with Gasteiger partial charge in [-0.05, 0) is 89.9 Å². The van der Waals surface area contributed by atoms with E-state index in [4.69, 9.17) is 5.11 Å². The maximum Gasteiger partial charge on any atom is 0.573 e. The Kier molecular flexibility index (Phi) is 9.23. The van der Waals surface area contributed by atoms with Gasteiger partial charge in [-0.1, -0.05) is 19.3 Å². The maximum atomic E-state index is 13.5. The summed E-state index contributed by atoms with van der Waals surface area (Å²) in [4.78, 5) is 24.0. The first-order valence-electron chi connectivity index (χ1n) is 14.4. The number of amides is 1. The van der Waals surface area contributed by atoms with Crippen LogP contribution in [0.15, 0.2) is 22.8 Å². The molecular weight excluding hydrogens is 575 g/mol. The molecule has 2 saturated carbocycles. The SMILES string of the molecule is Cc1c(C(=O)NC2CC(C(=O)O)C2)cc(C2=CC(OC(F)(F)F)=C(S(=O)(=O)NC(C)(C)C)CC2)n1CC1CCCCC1. The van der Waals surface area contributed by atoms with Gasteiger partial charge in [0.05, 0.1) is 11.5 Å². The van der Waals surface area contributed by atoms with Gasteiger partial charge < -0.3 is 19.7 Å². The van der Waals surface area contributed by atoms with E-state index in [2.05, 4.69) is 14.8 Å². The Morgan fingerprint density at radius 2 is 1.74 bits per heavy atom. The minimum atomic E-state index is -5.11. The zero-order valence-corrected chi connectivity index (χ0v) is 25.3. The van der Waals surface area contributed by atoms with Gasteiger partial charge in [-0.2, -0.15) is 0 Å². The smallest absolute Gasteiger partial charge is 0.481 e. The Bertz CT molecular complexity index is 1380. The number of sulfonamides is 1. The fourth-order valence-corrected chi connectivity index (χ4v) is 7.70. The molecule has 234 valence electrons. The molecule has 0 unspecified atom stereocenters. The number of ether oxygens (including phenoxy) is 1. The third-order valence-electron chi connectivity index (χ3n) is 8.12. The highest BCUT2D eigenvalue weighted by atomic mass is 32.2. The van der Waals surface area contributed by atoms with Crippen molar-refractivity contribution >= 4 is 27.5 Å². The molecule has 0 aliphatic heterocycles. The van der Waals surface area contributed by atoms with Crippen LogP contribution in [-0.4, -0.2) is 47.9 Å². The summed E-state index contributed by atoms with van der Waals surface area (Å²) in [5.74, 6) is -2.22. The second-order valence-electron chi connectivity index (χ2n) is 12.7. The highest BCUT2D eigenvalue weighted by Gasteiger charge is 2.39. The number of carbonyl (C=O) groups excluding carboxylic acids is 1. The molecular formula is C29H40F3N3O6S. The molecule has 0 saturated heterocycles. The predicted octanol–water partition coefficient (Wildman–Crippen LogP) is 5.61. The van der Waals surface area contributed by atoms with Crippen LogP contribution in [0.1, 0.15) is 100 Å². The maximum absolute atomic E-state index is 13.5. The van der Waals surface area contributed by atoms with Crippen LogP contribution in [-0.2, 0) is 26.1 Å². The minimum absolute atomic E-state index is 0.128. The van der Waals surface area contributed by atoms with Gasteiger partial charge in [0.1, 0.15) is 10.7 Å². The van der Waals surface area contributed by atoms with Crippen molar-refractivity contribution in [2.45, 2.75) is 110 Å². The number of nitrogens with zero attached hydrogens (tertiary/aromatic N) is 1. The second kappa shape index (κ2) is 12.1. The fraction of sp³-hybridized carbons (Fsp3) is 0.655. The van der Waals surface area contributed by atoms with Gasteiger partial charge in [0.15, 0.2) is 0 Å². The number of alkyl halides is 3. The third kappa shape index (κ3) is 7.77. The third-order valence-corrected chi connectivity index (χ3v) is 10.1. The van der Waals surface area contributed by atoms with Crippen LogP contribution in [0.4, 0.5) is 13.2 Å². The molecule has 9 nitrogen and oxygen atoms in total. The lowest BCUT2D eigenvalue weighted by Crippen LogP contribution is -2.46. The number of hydrogen-bond acceptors (Lipinski definition) is 5. The van der Waals surface area contributed by atoms with Crippen molar-refractivity contribution in [1.29, 1.82) is 0 Å². The molecule has 1 aromatic heterocycles. The van der Waals surface area contributed by atoms with Crippen LogP contribution in [0.25, 0.3) is 5.57 Å². The van der Waals surface area contributed by atoms with E-state index in [1.54, 1.807) is 33.8 Å². The van der Waals surface area contributed by atoms with Crippen molar-refractivity contribution in [2.75, 3.05) is 0 Å². The van der Waals surface area contributed by atoms with Gasteiger partial charge in [0.2, 0.25) is 10.0 Å². The lowest BCUT2D eigenvalue weighted by atomic mass is 9.80. The molecule has 0 aromatic carbocycles. The summed E-state index contributed by atoms with van der Waals surface area (Å²) in [7, 11) is -4.29. The standard InChI is InChI=1S/C29H40F3N3O6S/c1-17-22(26(36)33-21-12-20(13-21)27(37)38)15-23(35(17)16-18-8-6-5-7-9-18)19-10-11-25(24(14-19)41-29(30,31)32)42(39,40)34-28(2,3)4/h14-15,18,20-21,34H,5-13,16H2,1-4H3,(H,33,36)(H,37,38). The van der Waals surface area contributed by atoms with Gasteiger partial charge in [-0.3, -0.25) is 9.59 Å². The number of hydrogen-bond donors (Lipinski definition) is 3. The van der Waals surface area contributed by atoms with Crippen molar-refractivity contribution in [1.82, 2.24) is 14.6 Å². The predicted molar refractivity (Wildman–Crippen MR) is 151 cm³/mol. The summed E-state index contributed by atoms with van der Waals surface area (Å²) in [6.45, 7) is 7.15. The Morgan fingerprint density at radius 1 is 1.10 bits per heavy atom. The molecule has 3 aliphatic rings. The van der Waals surface area contributed by atoms with Gasteiger partial charge >= 0.3 is 12.3 Å². The molecule has 4 rings (SSSR count). The van der Waals surface area contributed by atoms with Gasteiger partial charge in [0.25, 0.3) is 5.91 Å². The minimum Gasteiger partial charge on any atom is -0.481 e. The second-order valence-corrected chi connectivity index (χ2v) is 14.4. The van der Waals surface area contributed by atoms with E-state index in [1.807, 2.05) is 4.57 Å². The lowest BCUT2D eigenvalue weighted by molar-refractivity contribution is -0.303. The van der Waals surface area contributed by atoms with Crippen LogP contribution in [0.5, 0.6) is 0 Å².